The minimum atomic E-state index is -0.733. The number of amides is 3. The molecule has 0 aliphatic carbocycles. The molecule has 0 spiro atoms. The largest absolute Gasteiger partial charge is 0.456 e. The summed E-state index contributed by atoms with van der Waals surface area (Å²) in [4.78, 5) is 39.8. The molecular weight excluding hydrogens is 408 g/mol. The molecule has 0 aliphatic rings. The molecule has 1 aromatic carbocycles. The molecular formula is C20H20N4O5S. The zero-order valence-corrected chi connectivity index (χ0v) is 17.2. The number of rotatable bonds is 7. The highest BCUT2D eigenvalue weighted by Gasteiger charge is 2.14. The van der Waals surface area contributed by atoms with Gasteiger partial charge in [0.25, 0.3) is 5.91 Å². The first-order chi connectivity index (χ1) is 14.4. The van der Waals surface area contributed by atoms with Gasteiger partial charge in [-0.05, 0) is 42.5 Å². The molecule has 2 aromatic heterocycles. The summed E-state index contributed by atoms with van der Waals surface area (Å²) >= 11 is 1.51. The highest BCUT2D eigenvalue weighted by atomic mass is 32.1. The average molecular weight is 428 g/mol. The van der Waals surface area contributed by atoms with Crippen molar-refractivity contribution < 1.29 is 23.6 Å². The second-order valence-electron chi connectivity index (χ2n) is 6.43. The Bertz CT molecular complexity index is 1050. The van der Waals surface area contributed by atoms with Crippen molar-refractivity contribution in [3.8, 4) is 11.4 Å². The van der Waals surface area contributed by atoms with E-state index in [0.717, 1.165) is 16.7 Å². The fourth-order valence-electron chi connectivity index (χ4n) is 2.50. The summed E-state index contributed by atoms with van der Waals surface area (Å²) < 4.78 is 9.97. The number of esters is 1. The number of aryl methyl sites for hydroxylation is 2. The summed E-state index contributed by atoms with van der Waals surface area (Å²) in [6, 6.07) is 6.61. The Morgan fingerprint density at radius 2 is 2.03 bits per heavy atom. The zero-order valence-electron chi connectivity index (χ0n) is 16.4. The molecule has 3 amide bonds. The molecule has 0 saturated heterocycles. The van der Waals surface area contributed by atoms with Crippen LogP contribution in [0.15, 0.2) is 39.5 Å². The van der Waals surface area contributed by atoms with Crippen molar-refractivity contribution in [3.05, 3.63) is 52.0 Å². The van der Waals surface area contributed by atoms with E-state index in [9.17, 15) is 14.4 Å². The number of hydrogen-bond acceptors (Lipinski definition) is 8. The molecule has 0 atom stereocenters. The van der Waals surface area contributed by atoms with Crippen molar-refractivity contribution in [3.63, 3.8) is 0 Å². The molecule has 2 heterocycles. The summed E-state index contributed by atoms with van der Waals surface area (Å²) in [7, 11) is 0. The van der Waals surface area contributed by atoms with Crippen LogP contribution >= 0.6 is 11.3 Å². The Labute approximate surface area is 176 Å². The predicted octanol–water partition coefficient (Wildman–Crippen LogP) is 3.24. The van der Waals surface area contributed by atoms with Gasteiger partial charge in [-0.15, -0.1) is 0 Å². The molecule has 30 heavy (non-hydrogen) atoms. The Balaban J connectivity index is 1.38. The minimum absolute atomic E-state index is 0.0345. The number of aromatic nitrogens is 2. The van der Waals surface area contributed by atoms with E-state index < -0.39 is 24.5 Å². The normalized spacial score (nSPS) is 10.5. The van der Waals surface area contributed by atoms with Gasteiger partial charge in [-0.2, -0.15) is 16.3 Å². The first-order valence-electron chi connectivity index (χ1n) is 9.10. The van der Waals surface area contributed by atoms with E-state index in [4.69, 9.17) is 9.26 Å². The topological polar surface area (TPSA) is 123 Å². The van der Waals surface area contributed by atoms with Crippen LogP contribution in [-0.2, 0) is 20.7 Å². The third kappa shape index (κ3) is 5.74. The van der Waals surface area contributed by atoms with Gasteiger partial charge in [0, 0.05) is 23.1 Å². The fourth-order valence-corrected chi connectivity index (χ4v) is 3.13. The number of carbonyl (C=O) groups excluding carboxylic acids is 3. The Morgan fingerprint density at radius 1 is 1.20 bits per heavy atom. The molecule has 0 saturated carbocycles. The number of thiophene rings is 1. The number of benzene rings is 1. The van der Waals surface area contributed by atoms with Crippen LogP contribution in [0, 0.1) is 13.8 Å². The SMILES string of the molecule is Cc1cccc(NC(=O)NC(=O)COC(=O)CCc2nc(-c3ccsc3)no2)c1C. The smallest absolute Gasteiger partial charge is 0.325 e. The third-order valence-electron chi connectivity index (χ3n) is 4.26. The van der Waals surface area contributed by atoms with Crippen molar-refractivity contribution in [1.82, 2.24) is 15.5 Å². The summed E-state index contributed by atoms with van der Waals surface area (Å²) in [5.41, 5.74) is 3.35. The van der Waals surface area contributed by atoms with Crippen molar-refractivity contribution in [2.24, 2.45) is 0 Å². The predicted molar refractivity (Wildman–Crippen MR) is 110 cm³/mol. The maximum atomic E-state index is 11.9. The van der Waals surface area contributed by atoms with Crippen LogP contribution in [0.3, 0.4) is 0 Å². The summed E-state index contributed by atoms with van der Waals surface area (Å²) in [5, 5.41) is 12.3. The van der Waals surface area contributed by atoms with Gasteiger partial charge in [0.1, 0.15) is 0 Å². The van der Waals surface area contributed by atoms with Gasteiger partial charge in [-0.25, -0.2) is 4.79 Å². The molecule has 9 nitrogen and oxygen atoms in total. The monoisotopic (exact) mass is 428 g/mol. The van der Waals surface area contributed by atoms with Gasteiger partial charge < -0.3 is 14.6 Å². The van der Waals surface area contributed by atoms with Gasteiger partial charge in [0.2, 0.25) is 11.7 Å². The molecule has 156 valence electrons. The zero-order chi connectivity index (χ0) is 21.5. The van der Waals surface area contributed by atoms with E-state index in [0.29, 0.717) is 17.4 Å². The van der Waals surface area contributed by atoms with Crippen molar-refractivity contribution in [2.45, 2.75) is 26.7 Å². The lowest BCUT2D eigenvalue weighted by atomic mass is 10.1. The third-order valence-corrected chi connectivity index (χ3v) is 4.94. The van der Waals surface area contributed by atoms with Crippen LogP contribution in [0.2, 0.25) is 0 Å². The maximum Gasteiger partial charge on any atom is 0.325 e. The fraction of sp³-hybridized carbons (Fsp3) is 0.250. The van der Waals surface area contributed by atoms with Crippen LogP contribution in [0.1, 0.15) is 23.4 Å². The minimum Gasteiger partial charge on any atom is -0.456 e. The quantitative estimate of drug-likeness (QED) is 0.554. The maximum absolute atomic E-state index is 11.9. The second kappa shape index (κ2) is 9.79. The molecule has 0 fully saturated rings. The van der Waals surface area contributed by atoms with E-state index in [2.05, 4.69) is 20.8 Å². The van der Waals surface area contributed by atoms with Crippen molar-refractivity contribution in [1.29, 1.82) is 0 Å². The van der Waals surface area contributed by atoms with Crippen molar-refractivity contribution in [2.75, 3.05) is 11.9 Å². The Hall–Kier alpha value is -3.53. The summed E-state index contributed by atoms with van der Waals surface area (Å²) in [6.45, 7) is 3.21. The molecule has 10 heteroatoms. The number of urea groups is 1. The highest BCUT2D eigenvalue weighted by Crippen LogP contribution is 2.19. The van der Waals surface area contributed by atoms with Crippen LogP contribution in [-0.4, -0.2) is 34.7 Å². The van der Waals surface area contributed by atoms with Crippen molar-refractivity contribution >= 4 is 34.9 Å². The van der Waals surface area contributed by atoms with Gasteiger partial charge in [-0.1, -0.05) is 17.3 Å². The number of carbonyl (C=O) groups is 3. The molecule has 0 unspecified atom stereocenters. The number of ether oxygens (including phenoxy) is 1. The van der Waals surface area contributed by atoms with E-state index in [-0.39, 0.29) is 12.8 Å². The van der Waals surface area contributed by atoms with Crippen LogP contribution in [0.4, 0.5) is 10.5 Å². The summed E-state index contributed by atoms with van der Waals surface area (Å²) in [6.07, 6.45) is 0.151. The number of nitrogens with one attached hydrogen (secondary N) is 2. The van der Waals surface area contributed by atoms with Gasteiger partial charge in [0.15, 0.2) is 6.61 Å². The lowest BCUT2D eigenvalue weighted by Crippen LogP contribution is -2.37. The summed E-state index contributed by atoms with van der Waals surface area (Å²) in [5.74, 6) is -0.599. The number of hydrogen-bond donors (Lipinski definition) is 2. The van der Waals surface area contributed by atoms with E-state index in [1.54, 1.807) is 12.1 Å². The standard InChI is InChI=1S/C20H20N4O5S/c1-12-4-3-5-15(13(12)2)21-20(27)22-16(25)10-28-18(26)7-6-17-23-19(24-29-17)14-8-9-30-11-14/h3-5,8-9,11H,6-7,10H2,1-2H3,(H2,21,22,25,27). The molecule has 0 radical (unpaired) electrons. The van der Waals surface area contributed by atoms with Crippen LogP contribution in [0.5, 0.6) is 0 Å². The number of anilines is 1. The lowest BCUT2D eigenvalue weighted by molar-refractivity contribution is -0.148. The van der Waals surface area contributed by atoms with E-state index >= 15 is 0 Å². The van der Waals surface area contributed by atoms with E-state index in [1.807, 2.05) is 36.7 Å². The second-order valence-corrected chi connectivity index (χ2v) is 7.21. The first-order valence-corrected chi connectivity index (χ1v) is 10.0. The van der Waals surface area contributed by atoms with Gasteiger partial charge in [-0.3, -0.25) is 14.9 Å². The molecule has 3 rings (SSSR count). The van der Waals surface area contributed by atoms with Gasteiger partial charge >= 0.3 is 12.0 Å². The first kappa shape index (κ1) is 21.2. The Morgan fingerprint density at radius 3 is 2.80 bits per heavy atom. The molecule has 3 aromatic rings. The molecule has 0 aliphatic heterocycles. The number of imide groups is 1. The Kier molecular flexibility index (Phi) is 6.91. The molecule has 2 N–H and O–H groups in total. The average Bonchev–Trinajstić information content (AvgIpc) is 3.40. The highest BCUT2D eigenvalue weighted by molar-refractivity contribution is 7.08. The number of nitrogens with zero attached hydrogens (tertiary/aromatic N) is 2. The molecule has 0 bridgehead atoms. The van der Waals surface area contributed by atoms with Gasteiger partial charge in [0.05, 0.1) is 6.42 Å². The lowest BCUT2D eigenvalue weighted by Gasteiger charge is -2.11. The van der Waals surface area contributed by atoms with E-state index in [1.165, 1.54) is 11.3 Å². The van der Waals surface area contributed by atoms with Crippen LogP contribution in [0.25, 0.3) is 11.4 Å². The van der Waals surface area contributed by atoms with Crippen LogP contribution < -0.4 is 10.6 Å².